The van der Waals surface area contributed by atoms with E-state index in [4.69, 9.17) is 5.73 Å². The van der Waals surface area contributed by atoms with Gasteiger partial charge in [0.15, 0.2) is 0 Å². The zero-order valence-corrected chi connectivity index (χ0v) is 16.5. The molecule has 1 atom stereocenters. The van der Waals surface area contributed by atoms with E-state index in [1.54, 1.807) is 37.8 Å². The Morgan fingerprint density at radius 3 is 2.28 bits per heavy atom. The van der Waals surface area contributed by atoms with Crippen molar-refractivity contribution in [2.75, 3.05) is 13.1 Å². The number of piperidine rings is 1. The lowest BCUT2D eigenvalue weighted by Crippen LogP contribution is -2.54. The summed E-state index contributed by atoms with van der Waals surface area (Å²) in [4.78, 5) is 14.6. The molecular weight excluding hydrogens is 338 g/mol. The summed E-state index contributed by atoms with van der Waals surface area (Å²) in [5.41, 5.74) is 5.91. The maximum absolute atomic E-state index is 12.7. The highest BCUT2D eigenvalue weighted by molar-refractivity contribution is 7.89. The largest absolute Gasteiger partial charge is 0.338 e. The second kappa shape index (κ2) is 6.70. The fraction of sp³-hybridized carbons (Fsp3) is 0.611. The maximum atomic E-state index is 12.7. The monoisotopic (exact) mass is 367 g/mol. The minimum atomic E-state index is -3.60. The van der Waals surface area contributed by atoms with Crippen LogP contribution in [0.3, 0.4) is 0 Å². The molecule has 0 aliphatic carbocycles. The van der Waals surface area contributed by atoms with Crippen LogP contribution >= 0.6 is 0 Å². The van der Waals surface area contributed by atoms with Crippen LogP contribution in [0.1, 0.15) is 51.4 Å². The van der Waals surface area contributed by atoms with Gasteiger partial charge in [-0.1, -0.05) is 13.8 Å². The van der Waals surface area contributed by atoms with Gasteiger partial charge >= 0.3 is 0 Å². The molecule has 25 heavy (non-hydrogen) atoms. The van der Waals surface area contributed by atoms with Gasteiger partial charge in [0.2, 0.25) is 10.0 Å². The summed E-state index contributed by atoms with van der Waals surface area (Å²) in [5, 5.41) is 0. The number of benzene rings is 1. The number of hydrogen-bond donors (Lipinski definition) is 2. The topological polar surface area (TPSA) is 92.5 Å². The number of amides is 1. The quantitative estimate of drug-likeness (QED) is 0.854. The standard InChI is InChI=1S/C18H29N3O3S/c1-17(2,3)20-25(23,24)14-8-6-13(7-9-14)16(22)21-11-10-15(19)18(4,5)12-21/h6-9,15,20H,10-12,19H2,1-5H3. The van der Waals surface area contributed by atoms with Crippen molar-refractivity contribution in [2.45, 2.75) is 57.5 Å². The Labute approximate surface area is 150 Å². The molecule has 1 fully saturated rings. The van der Waals surface area contributed by atoms with Gasteiger partial charge in [-0.05, 0) is 56.9 Å². The Morgan fingerprint density at radius 2 is 1.80 bits per heavy atom. The van der Waals surface area contributed by atoms with E-state index in [0.717, 1.165) is 6.42 Å². The third-order valence-electron chi connectivity index (χ3n) is 4.45. The van der Waals surface area contributed by atoms with Crippen molar-refractivity contribution in [1.29, 1.82) is 0 Å². The Balaban J connectivity index is 2.16. The van der Waals surface area contributed by atoms with Crippen molar-refractivity contribution in [2.24, 2.45) is 11.1 Å². The van der Waals surface area contributed by atoms with Crippen LogP contribution < -0.4 is 10.5 Å². The first-order valence-electron chi connectivity index (χ1n) is 8.51. The van der Waals surface area contributed by atoms with Gasteiger partial charge in [0, 0.05) is 30.2 Å². The van der Waals surface area contributed by atoms with Crippen LogP contribution in [0.15, 0.2) is 29.2 Å². The smallest absolute Gasteiger partial charge is 0.253 e. The lowest BCUT2D eigenvalue weighted by molar-refractivity contribution is 0.0533. The van der Waals surface area contributed by atoms with E-state index in [2.05, 4.69) is 18.6 Å². The summed E-state index contributed by atoms with van der Waals surface area (Å²) >= 11 is 0. The van der Waals surface area contributed by atoms with E-state index in [-0.39, 0.29) is 22.3 Å². The predicted octanol–water partition coefficient (Wildman–Crippen LogP) is 1.96. The summed E-state index contributed by atoms with van der Waals surface area (Å²) in [7, 11) is -3.60. The van der Waals surface area contributed by atoms with Gasteiger partial charge in [-0.3, -0.25) is 4.79 Å². The van der Waals surface area contributed by atoms with Gasteiger partial charge in [-0.25, -0.2) is 13.1 Å². The SMILES string of the molecule is CC(C)(C)NS(=O)(=O)c1ccc(C(=O)N2CCC(N)C(C)(C)C2)cc1. The van der Waals surface area contributed by atoms with Gasteiger partial charge in [-0.15, -0.1) is 0 Å². The molecule has 1 saturated heterocycles. The van der Waals surface area contributed by atoms with Crippen LogP contribution in [0.2, 0.25) is 0 Å². The van der Waals surface area contributed by atoms with Crippen LogP contribution in [0.25, 0.3) is 0 Å². The summed E-state index contributed by atoms with van der Waals surface area (Å²) in [6, 6.07) is 6.17. The van der Waals surface area contributed by atoms with Gasteiger partial charge in [0.1, 0.15) is 0 Å². The Morgan fingerprint density at radius 1 is 1.24 bits per heavy atom. The number of hydrogen-bond acceptors (Lipinski definition) is 4. The maximum Gasteiger partial charge on any atom is 0.253 e. The lowest BCUT2D eigenvalue weighted by atomic mass is 9.79. The van der Waals surface area contributed by atoms with Crippen molar-refractivity contribution < 1.29 is 13.2 Å². The molecule has 1 aromatic carbocycles. The molecular formula is C18H29N3O3S. The van der Waals surface area contributed by atoms with Crippen LogP contribution in [-0.2, 0) is 10.0 Å². The summed E-state index contributed by atoms with van der Waals surface area (Å²) in [5.74, 6) is -0.0901. The molecule has 6 nitrogen and oxygen atoms in total. The number of carbonyl (C=O) groups is 1. The molecule has 1 amide bonds. The highest BCUT2D eigenvalue weighted by Crippen LogP contribution is 2.28. The lowest BCUT2D eigenvalue weighted by Gasteiger charge is -2.42. The first-order valence-corrected chi connectivity index (χ1v) is 9.99. The number of likely N-dealkylation sites (tertiary alicyclic amines) is 1. The molecule has 1 aliphatic rings. The molecule has 0 aromatic heterocycles. The summed E-state index contributed by atoms with van der Waals surface area (Å²) in [6.45, 7) is 10.7. The second-order valence-electron chi connectivity index (χ2n) is 8.49. The Kier molecular flexibility index (Phi) is 5.33. The first kappa shape index (κ1) is 19.9. The predicted molar refractivity (Wildman–Crippen MR) is 98.8 cm³/mol. The Hall–Kier alpha value is -1.44. The zero-order valence-electron chi connectivity index (χ0n) is 15.7. The minimum Gasteiger partial charge on any atom is -0.338 e. The van der Waals surface area contributed by atoms with E-state index >= 15 is 0 Å². The number of nitrogens with one attached hydrogen (secondary N) is 1. The van der Waals surface area contributed by atoms with E-state index in [1.807, 2.05) is 0 Å². The summed E-state index contributed by atoms with van der Waals surface area (Å²) < 4.78 is 27.3. The number of sulfonamides is 1. The van der Waals surface area contributed by atoms with E-state index in [0.29, 0.717) is 18.7 Å². The fourth-order valence-electron chi connectivity index (χ4n) is 2.97. The molecule has 1 heterocycles. The van der Waals surface area contributed by atoms with Crippen molar-refractivity contribution >= 4 is 15.9 Å². The van der Waals surface area contributed by atoms with Crippen molar-refractivity contribution in [1.82, 2.24) is 9.62 Å². The minimum absolute atomic E-state index is 0.0764. The van der Waals surface area contributed by atoms with Gasteiger partial charge in [0.25, 0.3) is 5.91 Å². The normalized spacial score (nSPS) is 21.2. The number of carbonyl (C=O) groups excluding carboxylic acids is 1. The molecule has 1 aromatic rings. The molecule has 0 saturated carbocycles. The highest BCUT2D eigenvalue weighted by atomic mass is 32.2. The van der Waals surface area contributed by atoms with E-state index in [1.165, 1.54) is 12.1 Å². The van der Waals surface area contributed by atoms with Crippen LogP contribution in [-0.4, -0.2) is 43.9 Å². The molecule has 7 heteroatoms. The average molecular weight is 368 g/mol. The molecule has 2 rings (SSSR count). The van der Waals surface area contributed by atoms with Crippen LogP contribution in [0, 0.1) is 5.41 Å². The number of nitrogens with two attached hydrogens (primary N) is 1. The van der Waals surface area contributed by atoms with Crippen LogP contribution in [0.4, 0.5) is 0 Å². The molecule has 1 aliphatic heterocycles. The average Bonchev–Trinajstić information content (AvgIpc) is 2.47. The number of rotatable bonds is 3. The van der Waals surface area contributed by atoms with Gasteiger partial charge in [0.05, 0.1) is 4.90 Å². The third kappa shape index (κ3) is 4.80. The second-order valence-corrected chi connectivity index (χ2v) is 10.2. The van der Waals surface area contributed by atoms with E-state index < -0.39 is 15.6 Å². The first-order chi connectivity index (χ1) is 11.3. The van der Waals surface area contributed by atoms with Gasteiger partial charge < -0.3 is 10.6 Å². The van der Waals surface area contributed by atoms with Crippen molar-refractivity contribution in [3.8, 4) is 0 Å². The molecule has 3 N–H and O–H groups in total. The molecule has 140 valence electrons. The van der Waals surface area contributed by atoms with Crippen molar-refractivity contribution in [3.63, 3.8) is 0 Å². The molecule has 0 spiro atoms. The molecule has 1 unspecified atom stereocenters. The van der Waals surface area contributed by atoms with Crippen molar-refractivity contribution in [3.05, 3.63) is 29.8 Å². The summed E-state index contributed by atoms with van der Waals surface area (Å²) in [6.07, 6.45) is 0.765. The highest BCUT2D eigenvalue weighted by Gasteiger charge is 2.35. The van der Waals surface area contributed by atoms with Crippen LogP contribution in [0.5, 0.6) is 0 Å². The fourth-order valence-corrected chi connectivity index (χ4v) is 4.39. The zero-order chi connectivity index (χ0) is 19.0. The number of nitrogens with zero attached hydrogens (tertiary/aromatic N) is 1. The van der Waals surface area contributed by atoms with E-state index in [9.17, 15) is 13.2 Å². The Bertz CT molecular complexity index is 734. The van der Waals surface area contributed by atoms with Gasteiger partial charge in [-0.2, -0.15) is 0 Å². The third-order valence-corrected chi connectivity index (χ3v) is 6.23. The molecule has 0 radical (unpaired) electrons. The molecule has 0 bridgehead atoms.